The molecule has 35 heavy (non-hydrogen) atoms. The van der Waals surface area contributed by atoms with E-state index in [2.05, 4.69) is 47.5 Å². The highest BCUT2D eigenvalue weighted by Crippen LogP contribution is 2.45. The van der Waals surface area contributed by atoms with E-state index in [1.165, 1.54) is 30.5 Å². The number of rotatable bonds is 5. The van der Waals surface area contributed by atoms with Crippen molar-refractivity contribution < 1.29 is 31.5 Å². The van der Waals surface area contributed by atoms with Crippen LogP contribution in [0.3, 0.4) is 0 Å². The number of anilines is 2. The van der Waals surface area contributed by atoms with Gasteiger partial charge in [0.25, 0.3) is 11.8 Å². The monoisotopic (exact) mass is 639 g/mol. The average Bonchev–Trinajstić information content (AvgIpc) is 2.76. The van der Waals surface area contributed by atoms with Crippen molar-refractivity contribution in [2.75, 3.05) is 10.6 Å². The van der Waals surface area contributed by atoms with Gasteiger partial charge in [0, 0.05) is 20.7 Å². The number of carbonyl (C=O) groups is 2. The molecule has 2 N–H and O–H groups in total. The fraction of sp³-hybridized carbons (Fsp3) is 0.136. The molecule has 0 radical (unpaired) electrons. The van der Waals surface area contributed by atoms with Crippen molar-refractivity contribution in [3.8, 4) is 0 Å². The van der Waals surface area contributed by atoms with E-state index >= 15 is 4.39 Å². The van der Waals surface area contributed by atoms with Crippen LogP contribution < -0.4 is 10.6 Å². The van der Waals surface area contributed by atoms with Crippen molar-refractivity contribution in [2.24, 2.45) is 0 Å². The zero-order chi connectivity index (χ0) is 26.1. The van der Waals surface area contributed by atoms with Crippen LogP contribution >= 0.6 is 43.5 Å². The molecule has 3 aromatic rings. The van der Waals surface area contributed by atoms with Gasteiger partial charge in [-0.25, -0.2) is 13.8 Å². The largest absolute Gasteiger partial charge is 0.426 e. The normalized spacial score (nSPS) is 13.2. The molecule has 13 heteroatoms. The van der Waals surface area contributed by atoms with Crippen LogP contribution in [-0.2, 0) is 5.67 Å². The van der Waals surface area contributed by atoms with Crippen molar-refractivity contribution in [1.29, 1.82) is 0 Å². The number of nitrogens with one attached hydrogen (secondary N) is 2. The predicted octanol–water partition coefficient (Wildman–Crippen LogP) is 7.65. The minimum atomic E-state index is -5.18. The van der Waals surface area contributed by atoms with Crippen LogP contribution in [0.2, 0.25) is 5.15 Å². The fourth-order valence-corrected chi connectivity index (χ4v) is 4.45. The summed E-state index contributed by atoms with van der Waals surface area (Å²) < 4.78 is 68.4. The summed E-state index contributed by atoms with van der Waals surface area (Å²) in [7, 11) is 0. The molecule has 2 amide bonds. The first kappa shape index (κ1) is 27.0. The number of benzene rings is 2. The van der Waals surface area contributed by atoms with E-state index < -0.39 is 40.6 Å². The number of carbonyl (C=O) groups excluding carboxylic acids is 2. The maximum absolute atomic E-state index is 15.0. The van der Waals surface area contributed by atoms with Crippen LogP contribution in [0.25, 0.3) is 0 Å². The third-order valence-electron chi connectivity index (χ3n) is 4.85. The van der Waals surface area contributed by atoms with Crippen molar-refractivity contribution in [1.82, 2.24) is 4.98 Å². The van der Waals surface area contributed by atoms with Gasteiger partial charge in [0.15, 0.2) is 5.82 Å². The Balaban J connectivity index is 1.87. The third-order valence-corrected chi connectivity index (χ3v) is 6.40. The van der Waals surface area contributed by atoms with Gasteiger partial charge in [-0.15, -0.1) is 0 Å². The van der Waals surface area contributed by atoms with E-state index in [4.69, 9.17) is 11.6 Å². The van der Waals surface area contributed by atoms with E-state index in [1.807, 2.05) is 0 Å². The van der Waals surface area contributed by atoms with Crippen LogP contribution in [0.4, 0.5) is 33.3 Å². The Labute approximate surface area is 217 Å². The molecule has 184 valence electrons. The topological polar surface area (TPSA) is 71.1 Å². The highest BCUT2D eigenvalue weighted by Gasteiger charge is 2.53. The van der Waals surface area contributed by atoms with E-state index in [-0.39, 0.29) is 31.0 Å². The molecule has 1 atom stereocenters. The summed E-state index contributed by atoms with van der Waals surface area (Å²) in [6, 6.07) is 8.21. The zero-order valence-corrected chi connectivity index (χ0v) is 21.3. The number of hydrogen-bond donors (Lipinski definition) is 2. The quantitative estimate of drug-likeness (QED) is 0.222. The van der Waals surface area contributed by atoms with Crippen LogP contribution in [0.1, 0.15) is 33.2 Å². The molecule has 0 aliphatic heterocycles. The third kappa shape index (κ3) is 5.65. The maximum atomic E-state index is 15.0. The summed E-state index contributed by atoms with van der Waals surface area (Å²) in [5.74, 6) is -2.82. The molecule has 3 rings (SSSR count). The highest BCUT2D eigenvalue weighted by molar-refractivity contribution is 9.11. The van der Waals surface area contributed by atoms with Gasteiger partial charge in [-0.2, -0.15) is 13.2 Å². The molecular formula is C22H13Br2ClF5N3O2. The number of pyridine rings is 1. The minimum absolute atomic E-state index is 0.0184. The molecule has 2 aromatic carbocycles. The number of alkyl halides is 4. The number of hydrogen-bond acceptors (Lipinski definition) is 3. The molecule has 0 aliphatic carbocycles. The number of aromatic nitrogens is 1. The van der Waals surface area contributed by atoms with Crippen molar-refractivity contribution in [2.45, 2.75) is 18.8 Å². The second kappa shape index (κ2) is 10.2. The molecule has 0 saturated carbocycles. The van der Waals surface area contributed by atoms with Gasteiger partial charge in [0.2, 0.25) is 5.67 Å². The second-order valence-corrected chi connectivity index (χ2v) is 9.30. The SMILES string of the molecule is CC(F)(c1cc(Br)c(NC(=O)c2cccc(NC(=O)c3cccnc3Cl)c2F)c(Br)c1)C(F)(F)F. The molecule has 1 unspecified atom stereocenters. The van der Waals surface area contributed by atoms with Crippen LogP contribution in [0.15, 0.2) is 57.6 Å². The van der Waals surface area contributed by atoms with Gasteiger partial charge in [-0.05, 0) is 75.2 Å². The zero-order valence-electron chi connectivity index (χ0n) is 17.4. The Morgan fingerprint density at radius 3 is 2.09 bits per heavy atom. The molecule has 0 bridgehead atoms. The lowest BCUT2D eigenvalue weighted by molar-refractivity contribution is -0.228. The molecule has 0 aliphatic rings. The van der Waals surface area contributed by atoms with E-state index in [9.17, 15) is 27.2 Å². The fourth-order valence-electron chi connectivity index (χ4n) is 2.86. The Bertz CT molecular complexity index is 1300. The van der Waals surface area contributed by atoms with Gasteiger partial charge in [0.05, 0.1) is 22.5 Å². The van der Waals surface area contributed by atoms with Gasteiger partial charge >= 0.3 is 6.18 Å². The summed E-state index contributed by atoms with van der Waals surface area (Å²) >= 11 is 11.9. The van der Waals surface area contributed by atoms with Gasteiger partial charge in [0.1, 0.15) is 5.15 Å². The van der Waals surface area contributed by atoms with Crippen molar-refractivity contribution >= 4 is 66.6 Å². The molecule has 0 spiro atoms. The maximum Gasteiger partial charge on any atom is 0.426 e. The lowest BCUT2D eigenvalue weighted by Gasteiger charge is -2.25. The van der Waals surface area contributed by atoms with Crippen LogP contribution in [0.5, 0.6) is 0 Å². The lowest BCUT2D eigenvalue weighted by Crippen LogP contribution is -2.35. The molecular weight excluding hydrogens is 629 g/mol. The van der Waals surface area contributed by atoms with Crippen molar-refractivity contribution in [3.05, 3.63) is 85.3 Å². The van der Waals surface area contributed by atoms with Gasteiger partial charge < -0.3 is 10.6 Å². The summed E-state index contributed by atoms with van der Waals surface area (Å²) in [6.07, 6.45) is -3.81. The summed E-state index contributed by atoms with van der Waals surface area (Å²) in [5, 5.41) is 4.55. The first-order valence-corrected chi connectivity index (χ1v) is 11.5. The molecule has 5 nitrogen and oxygen atoms in total. The number of nitrogens with zero attached hydrogens (tertiary/aromatic N) is 1. The Morgan fingerprint density at radius 1 is 0.943 bits per heavy atom. The highest BCUT2D eigenvalue weighted by atomic mass is 79.9. The summed E-state index contributed by atoms with van der Waals surface area (Å²) in [6.45, 7) is 0.368. The number of halogens is 8. The average molecular weight is 642 g/mol. The van der Waals surface area contributed by atoms with E-state index in [0.717, 1.165) is 18.2 Å². The summed E-state index contributed by atoms with van der Waals surface area (Å²) in [4.78, 5) is 28.9. The van der Waals surface area contributed by atoms with Gasteiger partial charge in [-0.1, -0.05) is 17.7 Å². The first-order chi connectivity index (χ1) is 16.2. The Kier molecular flexibility index (Phi) is 7.87. The minimum Gasteiger partial charge on any atom is -0.320 e. The predicted molar refractivity (Wildman–Crippen MR) is 128 cm³/mol. The molecule has 1 heterocycles. The number of amides is 2. The second-order valence-electron chi connectivity index (χ2n) is 7.23. The first-order valence-electron chi connectivity index (χ1n) is 9.51. The summed E-state index contributed by atoms with van der Waals surface area (Å²) in [5.41, 5.74) is -5.26. The van der Waals surface area contributed by atoms with Crippen molar-refractivity contribution in [3.63, 3.8) is 0 Å². The molecule has 0 fully saturated rings. The molecule has 0 saturated heterocycles. The van der Waals surface area contributed by atoms with Crippen LogP contribution in [-0.4, -0.2) is 23.0 Å². The van der Waals surface area contributed by atoms with Crippen LogP contribution in [0, 0.1) is 5.82 Å². The standard InChI is InChI=1S/C22H13Br2ClF5N3O2/c1-21(27,22(28,29)30)10-8-13(23)17(14(24)9-10)33-19(34)11-4-2-6-15(16(11)26)32-20(35)12-5-3-7-31-18(12)25/h2-9H,1H3,(H,32,35)(H,33,34). The molecule has 1 aromatic heterocycles. The Morgan fingerprint density at radius 2 is 1.51 bits per heavy atom. The Hall–Kier alpha value is -2.57. The van der Waals surface area contributed by atoms with E-state index in [1.54, 1.807) is 0 Å². The van der Waals surface area contributed by atoms with E-state index in [0.29, 0.717) is 6.92 Å². The van der Waals surface area contributed by atoms with Gasteiger partial charge in [-0.3, -0.25) is 9.59 Å². The lowest BCUT2D eigenvalue weighted by atomic mass is 9.97. The smallest absolute Gasteiger partial charge is 0.320 e.